The molecule has 0 saturated heterocycles. The number of nitrogens with one attached hydrogen (secondary N) is 2. The van der Waals surface area contributed by atoms with E-state index in [9.17, 15) is 9.59 Å². The Morgan fingerprint density at radius 2 is 2.00 bits per heavy atom. The monoisotopic (exact) mass is 292 g/mol. The van der Waals surface area contributed by atoms with Gasteiger partial charge in [0, 0.05) is 0 Å². The van der Waals surface area contributed by atoms with Crippen LogP contribution >= 0.6 is 12.4 Å². The third-order valence-electron chi connectivity index (χ3n) is 3.22. The van der Waals surface area contributed by atoms with Crippen LogP contribution in [0.25, 0.3) is 0 Å². The molecule has 1 amide bonds. The summed E-state index contributed by atoms with van der Waals surface area (Å²) in [6.07, 6.45) is 3.89. The molecule has 1 aliphatic carbocycles. The molecule has 0 aromatic rings. The molecule has 0 spiro atoms. The minimum atomic E-state index is -0.915. The summed E-state index contributed by atoms with van der Waals surface area (Å²) >= 11 is 0. The Labute approximate surface area is 121 Å². The fraction of sp³-hybridized carbons (Fsp3) is 0.846. The lowest BCUT2D eigenvalue weighted by atomic mass is 9.96. The molecule has 1 rings (SSSR count). The molecule has 112 valence electrons. The number of hydrogen-bond donors (Lipinski definition) is 2. The van der Waals surface area contributed by atoms with Gasteiger partial charge < -0.3 is 15.4 Å². The highest BCUT2D eigenvalue weighted by molar-refractivity contribution is 5.88. The summed E-state index contributed by atoms with van der Waals surface area (Å²) in [5.74, 6) is 0.192. The van der Waals surface area contributed by atoms with E-state index in [0.717, 1.165) is 18.9 Å². The lowest BCUT2D eigenvalue weighted by Crippen LogP contribution is -2.54. The van der Waals surface area contributed by atoms with Crippen molar-refractivity contribution in [3.63, 3.8) is 0 Å². The maximum Gasteiger partial charge on any atom is 0.331 e. The first kappa shape index (κ1) is 18.2. The second-order valence-corrected chi connectivity index (χ2v) is 5.20. The molecule has 6 heteroatoms. The molecular weight excluding hydrogens is 268 g/mol. The first-order valence-electron chi connectivity index (χ1n) is 6.62. The zero-order valence-electron chi connectivity index (χ0n) is 12.0. The van der Waals surface area contributed by atoms with Crippen molar-refractivity contribution in [1.29, 1.82) is 0 Å². The van der Waals surface area contributed by atoms with Crippen LogP contribution in [-0.4, -0.2) is 37.6 Å². The van der Waals surface area contributed by atoms with Crippen molar-refractivity contribution in [2.75, 3.05) is 20.2 Å². The van der Waals surface area contributed by atoms with Crippen molar-refractivity contribution in [1.82, 2.24) is 10.6 Å². The Kier molecular flexibility index (Phi) is 8.02. The van der Waals surface area contributed by atoms with Crippen LogP contribution in [-0.2, 0) is 14.3 Å². The van der Waals surface area contributed by atoms with Crippen molar-refractivity contribution in [2.45, 2.75) is 45.1 Å². The number of amides is 1. The second kappa shape index (κ2) is 8.38. The van der Waals surface area contributed by atoms with Gasteiger partial charge in [0.05, 0.1) is 13.7 Å². The summed E-state index contributed by atoms with van der Waals surface area (Å²) in [7, 11) is 1.34. The summed E-state index contributed by atoms with van der Waals surface area (Å²) in [5.41, 5.74) is -0.915. The Bertz CT molecular complexity index is 308. The molecule has 0 aromatic carbocycles. The van der Waals surface area contributed by atoms with Gasteiger partial charge in [-0.05, 0) is 38.6 Å². The number of ether oxygens (including phenoxy) is 1. The van der Waals surface area contributed by atoms with Crippen LogP contribution in [0.15, 0.2) is 0 Å². The molecule has 19 heavy (non-hydrogen) atoms. The molecular formula is C13H25ClN2O3. The van der Waals surface area contributed by atoms with Crippen LogP contribution < -0.4 is 10.6 Å². The van der Waals surface area contributed by atoms with Crippen molar-refractivity contribution < 1.29 is 14.3 Å². The average molecular weight is 293 g/mol. The summed E-state index contributed by atoms with van der Waals surface area (Å²) in [6.45, 7) is 4.82. The van der Waals surface area contributed by atoms with Crippen molar-refractivity contribution in [3.05, 3.63) is 0 Å². The van der Waals surface area contributed by atoms with Crippen LogP contribution in [0.4, 0.5) is 0 Å². The molecule has 1 atom stereocenters. The third-order valence-corrected chi connectivity index (χ3v) is 3.22. The van der Waals surface area contributed by atoms with E-state index in [0.29, 0.717) is 6.42 Å². The predicted molar refractivity (Wildman–Crippen MR) is 76.3 cm³/mol. The van der Waals surface area contributed by atoms with Gasteiger partial charge in [-0.15, -0.1) is 12.4 Å². The highest BCUT2D eigenvalue weighted by atomic mass is 35.5. The van der Waals surface area contributed by atoms with Gasteiger partial charge in [0.15, 0.2) is 0 Å². The highest BCUT2D eigenvalue weighted by Crippen LogP contribution is 2.27. The zero-order valence-corrected chi connectivity index (χ0v) is 12.8. The number of esters is 1. The number of methoxy groups -OCH3 is 1. The van der Waals surface area contributed by atoms with Gasteiger partial charge in [0.2, 0.25) is 5.91 Å². The summed E-state index contributed by atoms with van der Waals surface area (Å²) in [6, 6.07) is 0. The molecule has 0 bridgehead atoms. The Morgan fingerprint density at radius 3 is 2.47 bits per heavy atom. The van der Waals surface area contributed by atoms with Crippen molar-refractivity contribution in [3.8, 4) is 0 Å². The quantitative estimate of drug-likeness (QED) is 0.661. The normalized spacial score (nSPS) is 17.0. The Balaban J connectivity index is 0.00000324. The van der Waals surface area contributed by atoms with Gasteiger partial charge in [-0.25, -0.2) is 4.79 Å². The molecule has 1 unspecified atom stereocenters. The van der Waals surface area contributed by atoms with E-state index in [1.54, 1.807) is 6.92 Å². The van der Waals surface area contributed by atoms with Crippen molar-refractivity contribution in [2.24, 2.45) is 5.92 Å². The average Bonchev–Trinajstić information content (AvgIpc) is 3.12. The molecule has 0 aliphatic heterocycles. The van der Waals surface area contributed by atoms with E-state index >= 15 is 0 Å². The fourth-order valence-corrected chi connectivity index (χ4v) is 2.00. The standard InChI is InChI=1S/C13H24N2O3.ClH/c1-4-7-13(2,12(17)18-3)15-11(16)9-14-8-10-5-6-10;/h10,14H,4-9H2,1-3H3,(H,15,16);1H. The van der Waals surface area contributed by atoms with Crippen LogP contribution in [0.3, 0.4) is 0 Å². The number of carbonyl (C=O) groups is 2. The van der Waals surface area contributed by atoms with E-state index in [1.807, 2.05) is 6.92 Å². The molecule has 0 heterocycles. The second-order valence-electron chi connectivity index (χ2n) is 5.20. The number of rotatable bonds is 8. The van der Waals surface area contributed by atoms with Gasteiger partial charge in [-0.2, -0.15) is 0 Å². The van der Waals surface area contributed by atoms with E-state index in [1.165, 1.54) is 20.0 Å². The number of halogens is 1. The van der Waals surface area contributed by atoms with Crippen LogP contribution in [0.5, 0.6) is 0 Å². The lowest BCUT2D eigenvalue weighted by molar-refractivity contribution is -0.150. The van der Waals surface area contributed by atoms with Gasteiger partial charge in [0.1, 0.15) is 5.54 Å². The molecule has 0 aromatic heterocycles. The van der Waals surface area contributed by atoms with E-state index in [2.05, 4.69) is 10.6 Å². The zero-order chi connectivity index (χ0) is 13.6. The number of hydrogen-bond acceptors (Lipinski definition) is 4. The topological polar surface area (TPSA) is 67.4 Å². The van der Waals surface area contributed by atoms with Gasteiger partial charge in [-0.3, -0.25) is 4.79 Å². The van der Waals surface area contributed by atoms with Crippen LogP contribution in [0.1, 0.15) is 39.5 Å². The molecule has 1 fully saturated rings. The van der Waals surface area contributed by atoms with Crippen LogP contribution in [0.2, 0.25) is 0 Å². The van der Waals surface area contributed by atoms with Crippen molar-refractivity contribution >= 4 is 24.3 Å². The first-order chi connectivity index (χ1) is 8.51. The Morgan fingerprint density at radius 1 is 1.37 bits per heavy atom. The predicted octanol–water partition coefficient (Wildman–Crippen LogP) is 1.26. The van der Waals surface area contributed by atoms with E-state index < -0.39 is 5.54 Å². The smallest absolute Gasteiger partial charge is 0.331 e. The van der Waals surface area contributed by atoms with E-state index in [4.69, 9.17) is 4.74 Å². The molecule has 5 nitrogen and oxygen atoms in total. The SMILES string of the molecule is CCCC(C)(NC(=O)CNCC1CC1)C(=O)OC.Cl. The third kappa shape index (κ3) is 6.25. The number of carbonyl (C=O) groups excluding carboxylic acids is 2. The maximum absolute atomic E-state index is 11.8. The highest BCUT2D eigenvalue weighted by Gasteiger charge is 2.34. The van der Waals surface area contributed by atoms with Gasteiger partial charge in [0.25, 0.3) is 0 Å². The lowest BCUT2D eigenvalue weighted by Gasteiger charge is -2.27. The minimum Gasteiger partial charge on any atom is -0.467 e. The van der Waals surface area contributed by atoms with Gasteiger partial charge >= 0.3 is 5.97 Å². The summed E-state index contributed by atoms with van der Waals surface area (Å²) < 4.78 is 4.75. The molecule has 2 N–H and O–H groups in total. The first-order valence-corrected chi connectivity index (χ1v) is 6.62. The molecule has 1 saturated carbocycles. The van der Waals surface area contributed by atoms with Gasteiger partial charge in [-0.1, -0.05) is 13.3 Å². The summed E-state index contributed by atoms with van der Waals surface area (Å²) in [5, 5.41) is 5.87. The Hall–Kier alpha value is -0.810. The van der Waals surface area contributed by atoms with E-state index in [-0.39, 0.29) is 30.8 Å². The summed E-state index contributed by atoms with van der Waals surface area (Å²) in [4.78, 5) is 23.5. The fourth-order valence-electron chi connectivity index (χ4n) is 2.00. The minimum absolute atomic E-state index is 0. The molecule has 0 radical (unpaired) electrons. The van der Waals surface area contributed by atoms with Crippen LogP contribution in [0, 0.1) is 5.92 Å². The maximum atomic E-state index is 11.8. The molecule has 1 aliphatic rings. The largest absolute Gasteiger partial charge is 0.467 e.